The molecule has 1 aliphatic heterocycles. The van der Waals surface area contributed by atoms with Gasteiger partial charge in [-0.2, -0.15) is 0 Å². The topological polar surface area (TPSA) is 52.6 Å². The Hall–Kier alpha value is -1.58. The average molecular weight is 208 g/mol. The maximum absolute atomic E-state index is 11.4. The van der Waals surface area contributed by atoms with Gasteiger partial charge in [-0.15, -0.1) is 0 Å². The third-order valence-electron chi connectivity index (χ3n) is 2.66. The van der Waals surface area contributed by atoms with Crippen LogP contribution in [0.2, 0.25) is 0 Å². The van der Waals surface area contributed by atoms with E-state index in [2.05, 4.69) is 4.74 Å². The molecule has 0 spiro atoms. The molecular formula is C11H12O4. The molecule has 1 heterocycles. The number of carbonyl (C=O) groups is 2. The lowest BCUT2D eigenvalue weighted by Gasteiger charge is -2.09. The molecule has 80 valence electrons. The van der Waals surface area contributed by atoms with Crippen molar-refractivity contribution < 1.29 is 19.1 Å². The Kier molecular flexibility index (Phi) is 2.58. The smallest absolute Gasteiger partial charge is 0.339 e. The average Bonchev–Trinajstić information content (AvgIpc) is 2.57. The summed E-state index contributed by atoms with van der Waals surface area (Å²) in [6.45, 7) is 0. The monoisotopic (exact) mass is 208 g/mol. The molecule has 0 atom stereocenters. The highest BCUT2D eigenvalue weighted by Gasteiger charge is 2.31. The first kappa shape index (κ1) is 9.96. The Morgan fingerprint density at radius 1 is 1.33 bits per heavy atom. The Morgan fingerprint density at radius 2 is 2.00 bits per heavy atom. The summed E-state index contributed by atoms with van der Waals surface area (Å²) in [6.07, 6.45) is 4.86. The third-order valence-corrected chi connectivity index (χ3v) is 2.66. The summed E-state index contributed by atoms with van der Waals surface area (Å²) in [4.78, 5) is 22.5. The van der Waals surface area contributed by atoms with E-state index < -0.39 is 5.97 Å². The van der Waals surface area contributed by atoms with Crippen LogP contribution in [0.25, 0.3) is 0 Å². The van der Waals surface area contributed by atoms with E-state index in [0.29, 0.717) is 5.76 Å². The lowest BCUT2D eigenvalue weighted by Crippen LogP contribution is -2.01. The summed E-state index contributed by atoms with van der Waals surface area (Å²) in [5.74, 6) is -0.418. The first-order chi connectivity index (χ1) is 7.22. The normalized spacial score (nSPS) is 22.7. The van der Waals surface area contributed by atoms with Crippen LogP contribution >= 0.6 is 0 Å². The third kappa shape index (κ3) is 1.79. The molecule has 0 unspecified atom stereocenters. The van der Waals surface area contributed by atoms with E-state index in [0.717, 1.165) is 36.8 Å². The van der Waals surface area contributed by atoms with Gasteiger partial charge in [-0.25, -0.2) is 9.59 Å². The number of esters is 2. The first-order valence-corrected chi connectivity index (χ1v) is 4.96. The van der Waals surface area contributed by atoms with Gasteiger partial charge in [-0.3, -0.25) is 0 Å². The minimum absolute atomic E-state index is 0.306. The SMILES string of the molecule is COC(=O)/C=C1\OC(=O)C2=C1CCCC2. The van der Waals surface area contributed by atoms with E-state index in [4.69, 9.17) is 4.74 Å². The largest absolute Gasteiger partial charge is 0.466 e. The lowest BCUT2D eigenvalue weighted by atomic mass is 9.92. The van der Waals surface area contributed by atoms with Crippen molar-refractivity contribution in [1.82, 2.24) is 0 Å². The van der Waals surface area contributed by atoms with Gasteiger partial charge in [0.2, 0.25) is 0 Å². The van der Waals surface area contributed by atoms with Gasteiger partial charge in [0.05, 0.1) is 13.2 Å². The van der Waals surface area contributed by atoms with Crippen LogP contribution in [0.5, 0.6) is 0 Å². The van der Waals surface area contributed by atoms with Crippen LogP contribution in [0.4, 0.5) is 0 Å². The van der Waals surface area contributed by atoms with Crippen LogP contribution in [0.15, 0.2) is 23.0 Å². The van der Waals surface area contributed by atoms with E-state index in [1.165, 1.54) is 13.2 Å². The Labute approximate surface area is 87.5 Å². The number of allylic oxidation sites excluding steroid dienone is 1. The van der Waals surface area contributed by atoms with Crippen molar-refractivity contribution >= 4 is 11.9 Å². The predicted octanol–water partition coefficient (Wildman–Crippen LogP) is 1.47. The molecular weight excluding hydrogens is 196 g/mol. The molecule has 0 saturated heterocycles. The molecule has 0 saturated carbocycles. The Bertz CT molecular complexity index is 376. The Balaban J connectivity index is 2.30. The maximum Gasteiger partial charge on any atom is 0.339 e. The van der Waals surface area contributed by atoms with Gasteiger partial charge in [0.25, 0.3) is 0 Å². The number of hydrogen-bond donors (Lipinski definition) is 0. The zero-order chi connectivity index (χ0) is 10.8. The van der Waals surface area contributed by atoms with Gasteiger partial charge in [0.1, 0.15) is 5.76 Å². The summed E-state index contributed by atoms with van der Waals surface area (Å²) in [5.41, 5.74) is 1.62. The van der Waals surface area contributed by atoms with Gasteiger partial charge in [-0.1, -0.05) is 0 Å². The number of methoxy groups -OCH3 is 1. The van der Waals surface area contributed by atoms with Crippen molar-refractivity contribution in [2.75, 3.05) is 7.11 Å². The molecule has 4 nitrogen and oxygen atoms in total. The second-order valence-corrected chi connectivity index (χ2v) is 3.59. The molecule has 0 N–H and O–H groups in total. The van der Waals surface area contributed by atoms with Crippen molar-refractivity contribution in [3.63, 3.8) is 0 Å². The molecule has 15 heavy (non-hydrogen) atoms. The fourth-order valence-electron chi connectivity index (χ4n) is 1.91. The summed E-state index contributed by atoms with van der Waals surface area (Å²) >= 11 is 0. The second kappa shape index (κ2) is 3.88. The molecule has 0 aromatic carbocycles. The number of rotatable bonds is 1. The second-order valence-electron chi connectivity index (χ2n) is 3.59. The first-order valence-electron chi connectivity index (χ1n) is 4.96. The van der Waals surface area contributed by atoms with E-state index in [9.17, 15) is 9.59 Å². The van der Waals surface area contributed by atoms with Gasteiger partial charge < -0.3 is 9.47 Å². The fourth-order valence-corrected chi connectivity index (χ4v) is 1.91. The summed E-state index contributed by atoms with van der Waals surface area (Å²) in [5, 5.41) is 0. The molecule has 1 aliphatic carbocycles. The predicted molar refractivity (Wildman–Crippen MR) is 51.7 cm³/mol. The van der Waals surface area contributed by atoms with E-state index in [1.54, 1.807) is 0 Å². The van der Waals surface area contributed by atoms with E-state index in [1.807, 2.05) is 0 Å². The standard InChI is InChI=1S/C11H12O4/c1-14-10(12)6-9-7-4-2-3-5-8(7)11(13)15-9/h6H,2-5H2,1H3/b9-6-. The van der Waals surface area contributed by atoms with Crippen molar-refractivity contribution in [2.24, 2.45) is 0 Å². The van der Waals surface area contributed by atoms with Gasteiger partial charge in [-0.05, 0) is 25.7 Å². The molecule has 0 amide bonds. The van der Waals surface area contributed by atoms with Crippen LogP contribution in [-0.4, -0.2) is 19.0 Å². The van der Waals surface area contributed by atoms with Crippen molar-refractivity contribution in [2.45, 2.75) is 25.7 Å². The molecule has 0 fully saturated rings. The van der Waals surface area contributed by atoms with Gasteiger partial charge in [0, 0.05) is 11.1 Å². The minimum atomic E-state index is -0.489. The van der Waals surface area contributed by atoms with Crippen molar-refractivity contribution in [1.29, 1.82) is 0 Å². The molecule has 0 radical (unpaired) electrons. The number of ether oxygens (including phenoxy) is 2. The number of hydrogen-bond acceptors (Lipinski definition) is 4. The van der Waals surface area contributed by atoms with E-state index >= 15 is 0 Å². The molecule has 0 aromatic heterocycles. The van der Waals surface area contributed by atoms with Crippen LogP contribution < -0.4 is 0 Å². The van der Waals surface area contributed by atoms with Crippen LogP contribution in [0.3, 0.4) is 0 Å². The molecule has 0 bridgehead atoms. The minimum Gasteiger partial charge on any atom is -0.466 e. The van der Waals surface area contributed by atoms with Crippen LogP contribution in [-0.2, 0) is 19.1 Å². The summed E-state index contributed by atoms with van der Waals surface area (Å²) < 4.78 is 9.53. The van der Waals surface area contributed by atoms with Gasteiger partial charge >= 0.3 is 11.9 Å². The zero-order valence-electron chi connectivity index (χ0n) is 8.54. The quantitative estimate of drug-likeness (QED) is 0.483. The number of cyclic esters (lactones) is 1. The maximum atomic E-state index is 11.4. The fraction of sp³-hybridized carbons (Fsp3) is 0.455. The number of carbonyl (C=O) groups excluding carboxylic acids is 2. The highest BCUT2D eigenvalue weighted by molar-refractivity contribution is 5.96. The molecule has 2 aliphatic rings. The van der Waals surface area contributed by atoms with Crippen molar-refractivity contribution in [3.05, 3.63) is 23.0 Å². The van der Waals surface area contributed by atoms with Crippen molar-refractivity contribution in [3.8, 4) is 0 Å². The Morgan fingerprint density at radius 3 is 2.67 bits per heavy atom. The molecule has 0 aromatic rings. The zero-order valence-corrected chi connectivity index (χ0v) is 8.54. The summed E-state index contributed by atoms with van der Waals surface area (Å²) in [6, 6.07) is 0. The van der Waals surface area contributed by atoms with Crippen LogP contribution in [0.1, 0.15) is 25.7 Å². The molecule has 4 heteroatoms. The van der Waals surface area contributed by atoms with Gasteiger partial charge in [0.15, 0.2) is 0 Å². The highest BCUT2D eigenvalue weighted by atomic mass is 16.5. The van der Waals surface area contributed by atoms with Crippen LogP contribution in [0, 0.1) is 0 Å². The van der Waals surface area contributed by atoms with E-state index in [-0.39, 0.29) is 5.97 Å². The molecule has 2 rings (SSSR count). The summed E-state index contributed by atoms with van der Waals surface area (Å²) in [7, 11) is 1.30. The highest BCUT2D eigenvalue weighted by Crippen LogP contribution is 2.36. The lowest BCUT2D eigenvalue weighted by molar-refractivity contribution is -0.135.